The van der Waals surface area contributed by atoms with Crippen LogP contribution in [-0.2, 0) is 62.2 Å². The molecule has 0 aromatic heterocycles. The van der Waals surface area contributed by atoms with Gasteiger partial charge in [0, 0.05) is 29.2 Å². The molecule has 0 unspecified atom stereocenters. The van der Waals surface area contributed by atoms with Crippen LogP contribution in [0.3, 0.4) is 0 Å². The smallest absolute Gasteiger partial charge is 0.330 e. The van der Waals surface area contributed by atoms with Crippen molar-refractivity contribution < 1.29 is 127 Å². The summed E-state index contributed by atoms with van der Waals surface area (Å²) in [6.45, 7) is 8.95. The monoisotopic (exact) mass is 1560 g/mol. The number of nitrogens with two attached hydrogens (primary N) is 3. The van der Waals surface area contributed by atoms with Gasteiger partial charge in [0.25, 0.3) is 0 Å². The second kappa shape index (κ2) is 34.2. The Morgan fingerprint density at radius 2 is 1.29 bits per heavy atom. The van der Waals surface area contributed by atoms with E-state index in [0.29, 0.717) is 0 Å². The quantitative estimate of drug-likeness (QED) is 0.0673. The van der Waals surface area contributed by atoms with Gasteiger partial charge >= 0.3 is 11.9 Å². The number of aliphatic hydroxyl groups is 5. The van der Waals surface area contributed by atoms with Gasteiger partial charge in [-0.05, 0) is 116 Å². The highest BCUT2D eigenvalue weighted by Gasteiger charge is 2.49. The molecule has 7 amide bonds. The molecule has 2 fully saturated rings. The molecule has 0 radical (unpaired) electrons. The minimum absolute atomic E-state index is 0.0208. The van der Waals surface area contributed by atoms with E-state index in [0.717, 1.165) is 60.7 Å². The van der Waals surface area contributed by atoms with Gasteiger partial charge in [0.05, 0.1) is 34.7 Å². The third-order valence-corrected chi connectivity index (χ3v) is 19.1. The molecule has 7 aliphatic heterocycles. The van der Waals surface area contributed by atoms with Crippen LogP contribution in [0.1, 0.15) is 119 Å². The average Bonchev–Trinajstić information content (AvgIpc) is 0.765. The lowest BCUT2D eigenvalue weighted by molar-refractivity contribution is -0.277. The molecule has 0 saturated carbocycles. The Morgan fingerprint density at radius 3 is 1.85 bits per heavy atom. The highest BCUT2D eigenvalue weighted by atomic mass is 35.5. The van der Waals surface area contributed by atoms with Crippen molar-refractivity contribution in [2.75, 3.05) is 13.7 Å². The topological polar surface area (TPSA) is 591 Å². The number of primary amides is 1. The minimum atomic E-state index is -2.35. The summed E-state index contributed by atoms with van der Waals surface area (Å²) in [4.78, 5) is 142. The summed E-state index contributed by atoms with van der Waals surface area (Å²) in [5.41, 5.74) is 12.9. The molecule has 588 valence electrons. The van der Waals surface area contributed by atoms with Crippen LogP contribution in [0.15, 0.2) is 78.9 Å². The van der Waals surface area contributed by atoms with Gasteiger partial charge in [-0.25, -0.2) is 4.79 Å². The van der Waals surface area contributed by atoms with E-state index in [1.807, 2.05) is 13.8 Å². The fourth-order valence-electron chi connectivity index (χ4n) is 12.6. The second-order valence-corrected chi connectivity index (χ2v) is 28.4. The summed E-state index contributed by atoms with van der Waals surface area (Å²) in [7, 11) is 1.47. The predicted octanol–water partition coefficient (Wildman–Crippen LogP) is 0.369. The second-order valence-electron chi connectivity index (χ2n) is 27.6. The van der Waals surface area contributed by atoms with E-state index in [9.17, 15) is 74.7 Å². The van der Waals surface area contributed by atoms with E-state index < -0.39 is 255 Å². The van der Waals surface area contributed by atoms with Crippen molar-refractivity contribution in [3.8, 4) is 57.1 Å². The molecule has 18 atom stereocenters. The van der Waals surface area contributed by atoms with Gasteiger partial charge in [-0.3, -0.25) is 43.2 Å². The number of phenolic OH excluding ortho intramolecular Hbond substituents is 3. The lowest BCUT2D eigenvalue weighted by atomic mass is 9.88. The Morgan fingerprint density at radius 1 is 0.697 bits per heavy atom. The molecule has 2 saturated heterocycles. The number of carbonyl (C=O) groups excluding carboxylic acids is 8. The van der Waals surface area contributed by atoms with Gasteiger partial charge in [-0.15, -0.1) is 0 Å². The van der Waals surface area contributed by atoms with Crippen molar-refractivity contribution in [3.63, 3.8) is 0 Å². The molecule has 5 aromatic carbocycles. The van der Waals surface area contributed by atoms with Crippen molar-refractivity contribution in [2.24, 2.45) is 29.0 Å². The SMILES string of the molecule is CC(C)[C@H](N)C(=O)O.CN[C@H](CC(C)C)C(=O)N[C@H]1C(=O)N[C@@H](CC(N)=O)C(=O)N[C@H]2C(=O)N[C@H]3C(=O)N[C@H](C(=O)N[C@H](C(=O)O)c4cc(O)cc(O)c4-c4cc3ccc4O)[C@H](O[C@H]3C[C@](C)(N)C(=O)[C@H](C)O3)c3ccc(c(Cl)c3)Oc3cc2cc(c3O[C@@H]2O[C@H](CO)[C@@H](O)[C@H](O)[C@H]2O)Oc2ccc(cc2Cl)[C@H]1O. The van der Waals surface area contributed by atoms with Crippen molar-refractivity contribution >= 4 is 82.3 Å². The number of hydrogen-bond donors (Lipinski definition) is 20. The number of Topliss-reactive ketones (excluding diaryl/α,β-unsaturated/α-hetero) is 1. The molecule has 23 N–H and O–H groups in total. The maximum atomic E-state index is 16.1. The molecule has 0 aliphatic carbocycles. The Bertz CT molecular complexity index is 4360. The van der Waals surface area contributed by atoms with Crippen LogP contribution < -0.4 is 68.6 Å². The van der Waals surface area contributed by atoms with Crippen molar-refractivity contribution in [3.05, 3.63) is 117 Å². The number of halogens is 2. The number of aromatic hydroxyl groups is 3. The fraction of sp³-hybridized carbons (Fsp3) is 0.437. The van der Waals surface area contributed by atoms with Gasteiger partial charge in [0.1, 0.15) is 108 Å². The number of carboxylic acids is 2. The number of likely N-dealkylation sites (N-methyl/N-ethyl adjacent to an activating group) is 1. The van der Waals surface area contributed by atoms with Gasteiger partial charge < -0.3 is 134 Å². The predicted molar refractivity (Wildman–Crippen MR) is 379 cm³/mol. The van der Waals surface area contributed by atoms with E-state index in [1.54, 1.807) is 13.8 Å². The Balaban J connectivity index is 0.00000162. The van der Waals surface area contributed by atoms with Crippen molar-refractivity contribution in [2.45, 2.75) is 170 Å². The van der Waals surface area contributed by atoms with Gasteiger partial charge in [0.2, 0.25) is 53.4 Å². The maximum Gasteiger partial charge on any atom is 0.330 e. The zero-order chi connectivity index (χ0) is 80.3. The number of nitrogens with one attached hydrogen (secondary N) is 7. The number of fused-ring (bicyclic) bond motifs is 15. The number of hydrogen-bond acceptors (Lipinski definition) is 27. The molecular weight excluding hydrogens is 1480 g/mol. The number of carboxylic acid groups (broad SMARTS) is 2. The van der Waals surface area contributed by atoms with Gasteiger partial charge in [-0.2, -0.15) is 0 Å². The van der Waals surface area contributed by atoms with Crippen LogP contribution in [-0.4, -0.2) is 203 Å². The first-order chi connectivity index (χ1) is 51.2. The number of carbonyl (C=O) groups is 10. The molecule has 109 heavy (non-hydrogen) atoms. The van der Waals surface area contributed by atoms with Crippen LogP contribution in [0, 0.1) is 11.8 Å². The first-order valence-corrected chi connectivity index (χ1v) is 34.8. The Labute approximate surface area is 630 Å². The number of benzene rings is 5. The van der Waals surface area contributed by atoms with Gasteiger partial charge in [-0.1, -0.05) is 69.1 Å². The van der Waals surface area contributed by atoms with Crippen molar-refractivity contribution in [1.82, 2.24) is 37.2 Å². The summed E-state index contributed by atoms with van der Waals surface area (Å²) in [5, 5.41) is 126. The number of ketones is 1. The number of ether oxygens (including phenoxy) is 6. The molecule has 11 bridgehead atoms. The highest BCUT2D eigenvalue weighted by Crippen LogP contribution is 2.50. The van der Waals surface area contributed by atoms with Crippen molar-refractivity contribution in [1.29, 1.82) is 0 Å². The zero-order valence-electron chi connectivity index (χ0n) is 59.3. The zero-order valence-corrected chi connectivity index (χ0v) is 60.8. The molecule has 7 heterocycles. The normalized spacial score (nSPS) is 27.6. The minimum Gasteiger partial charge on any atom is -0.508 e. The van der Waals surface area contributed by atoms with Crippen LogP contribution in [0.5, 0.6) is 46.0 Å². The fourth-order valence-corrected chi connectivity index (χ4v) is 13.1. The number of phenols is 3. The maximum absolute atomic E-state index is 16.1. The molecule has 36 nitrogen and oxygen atoms in total. The average molecular weight is 1560 g/mol. The summed E-state index contributed by atoms with van der Waals surface area (Å²) < 4.78 is 37.8. The molecular formula is C71H84Cl2N10O26. The summed E-state index contributed by atoms with van der Waals surface area (Å²) in [6.07, 6.45) is -18.1. The largest absolute Gasteiger partial charge is 0.508 e. The standard InChI is InChI=1S/C66H73Cl2N9O24.C5H11NO2/c1-23(2)12-34(71-5)58(88)76-49-51(83)26-7-10-38(32(67)14-26)97-40-16-28-17-41(56(40)101-65-54(86)53(85)52(84)42(22-78)99-65)98-39-11-8-27(15-33(39)68)55(100-44-21-66(4,70)57(87)24(3)96-44)50-63(93)75-48(64(94)95)31-18-29(79)19-37(81)45(31)30-13-25(6-9-36(30)80)46(60(90)77-50)74-61(91)47(28)73-59(89)35(20-43(69)82)72-62(49)92;1-3(2)4(6)5(7)8/h6-11,13-19,23-24,34-35,42,44,46-55,65,71,78-81,83-86H,12,20-22,70H2,1-5H3,(H2,69,82)(H,72,92)(H,73,89)(H,74,91)(H,75,93)(H,76,88)(H,77,90)(H,94,95);3-4H,6H2,1-2H3,(H,7,8)/t24-,34+,35-,42+,44-,46+,47+,48-,49+,50-,51+,52+,53-,54+,55+,65-,66-;4-/m00/s1. The first-order valence-electron chi connectivity index (χ1n) is 34.0. The third-order valence-electron chi connectivity index (χ3n) is 18.5. The lowest BCUT2D eigenvalue weighted by Gasteiger charge is -2.40. The number of rotatable bonds is 15. The summed E-state index contributed by atoms with van der Waals surface area (Å²) >= 11 is 14.2. The van der Waals surface area contributed by atoms with E-state index in [1.165, 1.54) is 39.1 Å². The van der Waals surface area contributed by atoms with E-state index >= 15 is 19.2 Å². The summed E-state index contributed by atoms with van der Waals surface area (Å²) in [6, 6.07) is -1.27. The van der Waals surface area contributed by atoms with E-state index in [2.05, 4.69) is 37.2 Å². The highest BCUT2D eigenvalue weighted by molar-refractivity contribution is 6.32. The first kappa shape index (κ1) is 83.0. The third kappa shape index (κ3) is 18.6. The molecule has 0 spiro atoms. The van der Waals surface area contributed by atoms with Crippen LogP contribution in [0.2, 0.25) is 10.0 Å². The Kier molecular flexibility index (Phi) is 26.1. The molecule has 7 aliphatic rings. The van der Waals surface area contributed by atoms with E-state index in [4.69, 9.17) is 73.9 Å². The summed E-state index contributed by atoms with van der Waals surface area (Å²) in [5.74, 6) is -17.6. The van der Waals surface area contributed by atoms with E-state index in [-0.39, 0.29) is 45.7 Å². The van der Waals surface area contributed by atoms with Crippen LogP contribution in [0.4, 0.5) is 0 Å². The Hall–Kier alpha value is -10.1. The molecule has 38 heteroatoms. The van der Waals surface area contributed by atoms with Crippen LogP contribution in [0.25, 0.3) is 11.1 Å². The van der Waals surface area contributed by atoms with Crippen LogP contribution >= 0.6 is 23.2 Å². The van der Waals surface area contributed by atoms with Gasteiger partial charge in [0.15, 0.2) is 29.6 Å². The number of aliphatic hydroxyl groups excluding tert-OH is 5. The number of aliphatic carboxylic acids is 2. The lowest BCUT2D eigenvalue weighted by Crippen LogP contribution is -2.60. The number of amides is 7. The molecule has 5 aromatic rings. The molecule has 12 rings (SSSR count).